The number of halogens is 2. The standard InChI is InChI=1S/C31H29F2N5O2S2/c1-3-12-37-28(36-15-13-35(14-16-36)26-7-5-4-6-25(26)33)23(20(2)24(18-34)29(37)39)17-27-30(40)38(31(41)42-27)19-21-8-10-22(32)11-9-21/h4-11,17H,3,12-16,19H2,1-2H3. The molecular formula is C31H29F2N5O2S2. The zero-order chi connectivity index (χ0) is 30.0. The van der Waals surface area contributed by atoms with Gasteiger partial charge in [0.05, 0.1) is 17.1 Å². The van der Waals surface area contributed by atoms with E-state index in [0.29, 0.717) is 71.0 Å². The van der Waals surface area contributed by atoms with Gasteiger partial charge in [-0.1, -0.05) is 55.2 Å². The van der Waals surface area contributed by atoms with Crippen molar-refractivity contribution in [1.29, 1.82) is 5.26 Å². The SMILES string of the molecule is CCCn1c(N2CCN(c3ccccc3F)CC2)c(C=C2SC(=S)N(Cc3ccc(F)cc3)C2=O)c(C)c(C#N)c1=O. The Kier molecular flexibility index (Phi) is 8.75. The number of pyridine rings is 1. The Morgan fingerprint density at radius 1 is 1.02 bits per heavy atom. The Morgan fingerprint density at radius 2 is 1.69 bits per heavy atom. The van der Waals surface area contributed by atoms with Crippen molar-refractivity contribution >= 4 is 51.8 Å². The molecular weight excluding hydrogens is 577 g/mol. The number of para-hydroxylation sites is 1. The Bertz CT molecular complexity index is 1670. The molecule has 0 unspecified atom stereocenters. The summed E-state index contributed by atoms with van der Waals surface area (Å²) in [5.74, 6) is -0.310. The van der Waals surface area contributed by atoms with Gasteiger partial charge in [-0.2, -0.15) is 5.26 Å². The van der Waals surface area contributed by atoms with Crippen LogP contribution in [0.1, 0.15) is 35.6 Å². The van der Waals surface area contributed by atoms with Crippen molar-refractivity contribution in [3.05, 3.63) is 97.7 Å². The van der Waals surface area contributed by atoms with Gasteiger partial charge in [-0.25, -0.2) is 8.78 Å². The molecule has 2 aromatic carbocycles. The zero-order valence-corrected chi connectivity index (χ0v) is 24.9. The maximum atomic E-state index is 14.5. The van der Waals surface area contributed by atoms with Crippen LogP contribution in [0.3, 0.4) is 0 Å². The molecule has 3 aromatic rings. The molecule has 7 nitrogen and oxygen atoms in total. The summed E-state index contributed by atoms with van der Waals surface area (Å²) in [6, 6.07) is 14.6. The second kappa shape index (κ2) is 12.5. The highest BCUT2D eigenvalue weighted by Crippen LogP contribution is 2.37. The fourth-order valence-electron chi connectivity index (χ4n) is 5.32. The number of carbonyl (C=O) groups excluding carboxylic acids is 1. The van der Waals surface area contributed by atoms with E-state index in [4.69, 9.17) is 12.2 Å². The maximum Gasteiger partial charge on any atom is 0.270 e. The summed E-state index contributed by atoms with van der Waals surface area (Å²) < 4.78 is 29.9. The van der Waals surface area contributed by atoms with Crippen molar-refractivity contribution in [2.75, 3.05) is 36.0 Å². The summed E-state index contributed by atoms with van der Waals surface area (Å²) in [6.45, 7) is 6.34. The number of rotatable bonds is 7. The van der Waals surface area contributed by atoms with Gasteiger partial charge in [0.1, 0.15) is 33.4 Å². The van der Waals surface area contributed by atoms with Crippen LogP contribution in [0.25, 0.3) is 6.08 Å². The molecule has 0 saturated carbocycles. The summed E-state index contributed by atoms with van der Waals surface area (Å²) in [6.07, 6.45) is 2.39. The van der Waals surface area contributed by atoms with Crippen molar-refractivity contribution in [3.63, 3.8) is 0 Å². The number of aromatic nitrogens is 1. The highest BCUT2D eigenvalue weighted by molar-refractivity contribution is 8.26. The molecule has 2 aliphatic heterocycles. The summed E-state index contributed by atoms with van der Waals surface area (Å²) >= 11 is 6.69. The molecule has 1 aromatic heterocycles. The van der Waals surface area contributed by atoms with Gasteiger partial charge in [-0.05, 0) is 54.8 Å². The molecule has 0 aliphatic carbocycles. The fourth-order valence-corrected chi connectivity index (χ4v) is 6.56. The third kappa shape index (κ3) is 5.69. The van der Waals surface area contributed by atoms with Gasteiger partial charge in [0.2, 0.25) is 0 Å². The van der Waals surface area contributed by atoms with E-state index in [0.717, 1.165) is 17.3 Å². The van der Waals surface area contributed by atoms with Gasteiger partial charge in [0.25, 0.3) is 11.5 Å². The Morgan fingerprint density at radius 3 is 2.33 bits per heavy atom. The number of hydrogen-bond acceptors (Lipinski definition) is 7. The molecule has 0 radical (unpaired) electrons. The topological polar surface area (TPSA) is 72.6 Å². The van der Waals surface area contributed by atoms with Crippen LogP contribution in [0.5, 0.6) is 0 Å². The molecule has 5 rings (SSSR count). The van der Waals surface area contributed by atoms with E-state index in [-0.39, 0.29) is 35.2 Å². The first kappa shape index (κ1) is 29.5. The molecule has 0 atom stereocenters. The van der Waals surface area contributed by atoms with Gasteiger partial charge >= 0.3 is 0 Å². The number of piperazine rings is 1. The largest absolute Gasteiger partial charge is 0.366 e. The average Bonchev–Trinajstić information content (AvgIpc) is 3.25. The molecule has 0 bridgehead atoms. The van der Waals surface area contributed by atoms with Crippen LogP contribution in [-0.4, -0.2) is 45.9 Å². The van der Waals surface area contributed by atoms with Crippen LogP contribution in [-0.2, 0) is 17.9 Å². The minimum atomic E-state index is -0.371. The minimum Gasteiger partial charge on any atom is -0.366 e. The van der Waals surface area contributed by atoms with Gasteiger partial charge in [-0.15, -0.1) is 0 Å². The fraction of sp³-hybridized carbons (Fsp3) is 0.290. The summed E-state index contributed by atoms with van der Waals surface area (Å²) in [4.78, 5) is 32.9. The first-order valence-corrected chi connectivity index (χ1v) is 14.9. The smallest absolute Gasteiger partial charge is 0.270 e. The molecule has 2 saturated heterocycles. The number of nitrogens with zero attached hydrogens (tertiary/aromatic N) is 5. The van der Waals surface area contributed by atoms with Crippen LogP contribution in [0.2, 0.25) is 0 Å². The van der Waals surface area contributed by atoms with Gasteiger partial charge in [0, 0.05) is 38.3 Å². The molecule has 2 fully saturated rings. The maximum absolute atomic E-state index is 14.5. The predicted octanol–water partition coefficient (Wildman–Crippen LogP) is 5.44. The third-order valence-corrected chi connectivity index (χ3v) is 8.85. The number of thioether (sulfide) groups is 1. The number of amides is 1. The lowest BCUT2D eigenvalue weighted by Gasteiger charge is -2.39. The van der Waals surface area contributed by atoms with Gasteiger partial charge in [-0.3, -0.25) is 19.1 Å². The monoisotopic (exact) mass is 605 g/mol. The molecule has 42 heavy (non-hydrogen) atoms. The lowest BCUT2D eigenvalue weighted by molar-refractivity contribution is -0.122. The lowest BCUT2D eigenvalue weighted by atomic mass is 10.0. The van der Waals surface area contributed by atoms with Crippen LogP contribution >= 0.6 is 24.0 Å². The Labute approximate surface area is 252 Å². The third-order valence-electron chi connectivity index (χ3n) is 7.47. The van der Waals surface area contributed by atoms with E-state index in [2.05, 4.69) is 11.0 Å². The van der Waals surface area contributed by atoms with E-state index in [9.17, 15) is 23.6 Å². The number of benzene rings is 2. The van der Waals surface area contributed by atoms with Crippen LogP contribution in [0, 0.1) is 29.9 Å². The highest BCUT2D eigenvalue weighted by atomic mass is 32.2. The van der Waals surface area contributed by atoms with Crippen LogP contribution in [0.4, 0.5) is 20.3 Å². The molecule has 0 spiro atoms. The Balaban J connectivity index is 1.53. The molecule has 3 heterocycles. The van der Waals surface area contributed by atoms with Crippen molar-refractivity contribution in [1.82, 2.24) is 9.47 Å². The van der Waals surface area contributed by atoms with Gasteiger partial charge in [0.15, 0.2) is 0 Å². The van der Waals surface area contributed by atoms with Crippen molar-refractivity contribution in [3.8, 4) is 6.07 Å². The summed E-state index contributed by atoms with van der Waals surface area (Å²) in [7, 11) is 0. The van der Waals surface area contributed by atoms with E-state index >= 15 is 0 Å². The van der Waals surface area contributed by atoms with Crippen molar-refractivity contribution in [2.24, 2.45) is 0 Å². The average molecular weight is 606 g/mol. The van der Waals surface area contributed by atoms with Crippen LogP contribution in [0.15, 0.2) is 58.2 Å². The second-order valence-electron chi connectivity index (χ2n) is 10.1. The first-order chi connectivity index (χ1) is 20.2. The van der Waals surface area contributed by atoms with Gasteiger partial charge < -0.3 is 9.80 Å². The number of hydrogen-bond donors (Lipinski definition) is 0. The minimum absolute atomic E-state index is 0.0326. The Hall–Kier alpha value is -4.01. The molecule has 0 N–H and O–H groups in total. The highest BCUT2D eigenvalue weighted by Gasteiger charge is 2.34. The zero-order valence-electron chi connectivity index (χ0n) is 23.3. The van der Waals surface area contributed by atoms with Crippen molar-refractivity contribution < 1.29 is 13.6 Å². The number of carbonyl (C=O) groups is 1. The molecule has 216 valence electrons. The van der Waals surface area contributed by atoms with E-state index in [1.165, 1.54) is 23.1 Å². The molecule has 11 heteroatoms. The molecule has 2 aliphatic rings. The lowest BCUT2D eigenvalue weighted by Crippen LogP contribution is -2.49. The quantitative estimate of drug-likeness (QED) is 0.262. The first-order valence-electron chi connectivity index (χ1n) is 13.6. The predicted molar refractivity (Wildman–Crippen MR) is 166 cm³/mol. The normalized spacial score (nSPS) is 16.5. The summed E-state index contributed by atoms with van der Waals surface area (Å²) in [5, 5.41) is 9.92. The number of anilines is 2. The number of thiocarbonyl (C=S) groups is 1. The molecule has 1 amide bonds. The number of nitriles is 1. The second-order valence-corrected chi connectivity index (χ2v) is 11.8. The summed E-state index contributed by atoms with van der Waals surface area (Å²) in [5.41, 5.74) is 2.03. The van der Waals surface area contributed by atoms with E-state index in [1.807, 2.05) is 11.8 Å². The van der Waals surface area contributed by atoms with E-state index < -0.39 is 0 Å². The van der Waals surface area contributed by atoms with Crippen LogP contribution < -0.4 is 15.4 Å². The van der Waals surface area contributed by atoms with Crippen molar-refractivity contribution in [2.45, 2.75) is 33.4 Å². The van der Waals surface area contributed by atoms with E-state index in [1.54, 1.807) is 47.9 Å².